The zero-order valence-electron chi connectivity index (χ0n) is 32.3. The molecule has 0 atom stereocenters. The summed E-state index contributed by atoms with van der Waals surface area (Å²) in [5.41, 5.74) is 5.47. The van der Waals surface area contributed by atoms with Crippen molar-refractivity contribution < 1.29 is 33.8 Å². The van der Waals surface area contributed by atoms with E-state index >= 15 is 0 Å². The molecule has 11 heteroatoms. The van der Waals surface area contributed by atoms with Gasteiger partial charge in [0.25, 0.3) is 11.8 Å². The number of anilines is 2. The molecule has 0 aliphatic heterocycles. The van der Waals surface area contributed by atoms with E-state index in [0.717, 1.165) is 72.1 Å². The first-order valence-corrected chi connectivity index (χ1v) is 19.7. The van der Waals surface area contributed by atoms with Crippen LogP contribution in [-0.4, -0.2) is 52.8 Å². The smallest absolute Gasteiger partial charge is 0.337 e. The van der Waals surface area contributed by atoms with Crippen LogP contribution in [0, 0.1) is 5.41 Å². The molecule has 1 aromatic heterocycles. The van der Waals surface area contributed by atoms with Gasteiger partial charge in [-0.15, -0.1) is 11.3 Å². The molecule has 5 rings (SSSR count). The topological polar surface area (TPSA) is 142 Å². The van der Waals surface area contributed by atoms with Crippen LogP contribution >= 0.6 is 11.3 Å². The number of carbonyl (C=O) groups excluding carboxylic acids is 4. The molecule has 55 heavy (non-hydrogen) atoms. The summed E-state index contributed by atoms with van der Waals surface area (Å²) in [6.07, 6.45) is 6.27. The second-order valence-corrected chi connectivity index (χ2v) is 16.4. The van der Waals surface area contributed by atoms with E-state index in [0.29, 0.717) is 27.4 Å². The first-order chi connectivity index (χ1) is 26.2. The SMILES string of the molecule is COC(=O)c1ccc(CCCc2ccc(NC(=O)c3c(NC(=O)c4cccc(CN(C(=O)CC(C)(C)CC(=O)O)C(C)C)c4)sc4c3CCCC4)cc2)cc1. The van der Waals surface area contributed by atoms with E-state index in [1.807, 2.05) is 56.3 Å². The Hall–Kier alpha value is -5.29. The van der Waals surface area contributed by atoms with Crippen molar-refractivity contribution in [1.29, 1.82) is 0 Å². The van der Waals surface area contributed by atoms with Gasteiger partial charge >= 0.3 is 11.9 Å². The fourth-order valence-electron chi connectivity index (χ4n) is 6.99. The molecule has 3 N–H and O–H groups in total. The summed E-state index contributed by atoms with van der Waals surface area (Å²) in [5, 5.41) is 15.9. The van der Waals surface area contributed by atoms with Crippen LogP contribution in [0.3, 0.4) is 0 Å². The lowest BCUT2D eigenvalue weighted by Crippen LogP contribution is -2.39. The summed E-state index contributed by atoms with van der Waals surface area (Å²) < 4.78 is 4.77. The quantitative estimate of drug-likeness (QED) is 0.0969. The van der Waals surface area contributed by atoms with Gasteiger partial charge in [-0.2, -0.15) is 0 Å². The predicted octanol–water partition coefficient (Wildman–Crippen LogP) is 8.72. The summed E-state index contributed by atoms with van der Waals surface area (Å²) in [5.74, 6) is -2.04. The van der Waals surface area contributed by atoms with Crippen molar-refractivity contribution in [2.75, 3.05) is 17.7 Å². The second-order valence-electron chi connectivity index (χ2n) is 15.3. The van der Waals surface area contributed by atoms with E-state index in [9.17, 15) is 29.1 Å². The molecule has 3 amide bonds. The largest absolute Gasteiger partial charge is 0.481 e. The number of ether oxygens (including phenoxy) is 1. The third-order valence-electron chi connectivity index (χ3n) is 9.89. The van der Waals surface area contributed by atoms with Crippen molar-refractivity contribution in [3.63, 3.8) is 0 Å². The predicted molar refractivity (Wildman–Crippen MR) is 216 cm³/mol. The van der Waals surface area contributed by atoms with Gasteiger partial charge in [0.1, 0.15) is 5.00 Å². The number of aliphatic carboxylic acids is 1. The van der Waals surface area contributed by atoms with Gasteiger partial charge in [0.2, 0.25) is 5.91 Å². The summed E-state index contributed by atoms with van der Waals surface area (Å²) in [7, 11) is 1.37. The van der Waals surface area contributed by atoms with Crippen LogP contribution in [0.2, 0.25) is 0 Å². The molecule has 0 saturated heterocycles. The van der Waals surface area contributed by atoms with Crippen LogP contribution in [0.15, 0.2) is 72.8 Å². The number of carbonyl (C=O) groups is 5. The molecule has 0 fully saturated rings. The van der Waals surface area contributed by atoms with Crippen LogP contribution < -0.4 is 10.6 Å². The van der Waals surface area contributed by atoms with Crippen LogP contribution in [0.5, 0.6) is 0 Å². The van der Waals surface area contributed by atoms with E-state index in [1.54, 1.807) is 49.1 Å². The number of rotatable bonds is 16. The van der Waals surface area contributed by atoms with Gasteiger partial charge in [0.15, 0.2) is 0 Å². The van der Waals surface area contributed by atoms with Crippen LogP contribution in [0.1, 0.15) is 118 Å². The Morgan fingerprint density at radius 3 is 2.11 bits per heavy atom. The van der Waals surface area contributed by atoms with Crippen molar-refractivity contribution in [2.45, 2.75) is 98.1 Å². The third-order valence-corrected chi connectivity index (χ3v) is 11.1. The van der Waals surface area contributed by atoms with Gasteiger partial charge in [-0.05, 0) is 123 Å². The summed E-state index contributed by atoms with van der Waals surface area (Å²) in [6, 6.07) is 22.3. The van der Waals surface area contributed by atoms with E-state index < -0.39 is 11.4 Å². The minimum Gasteiger partial charge on any atom is -0.481 e. The van der Waals surface area contributed by atoms with Gasteiger partial charge in [0, 0.05) is 35.1 Å². The highest BCUT2D eigenvalue weighted by atomic mass is 32.1. The van der Waals surface area contributed by atoms with E-state index in [2.05, 4.69) is 10.6 Å². The number of esters is 1. The first kappa shape index (κ1) is 40.9. The molecule has 4 aromatic rings. The Kier molecular flexibility index (Phi) is 13.6. The Morgan fingerprint density at radius 2 is 1.47 bits per heavy atom. The number of nitrogens with one attached hydrogen (secondary N) is 2. The third kappa shape index (κ3) is 11.1. The summed E-state index contributed by atoms with van der Waals surface area (Å²) >= 11 is 1.46. The number of amides is 3. The molecule has 0 bridgehead atoms. The number of aryl methyl sites for hydroxylation is 3. The molecule has 1 aliphatic carbocycles. The maximum Gasteiger partial charge on any atom is 0.337 e. The highest BCUT2D eigenvalue weighted by molar-refractivity contribution is 7.17. The molecular formula is C44H51N3O7S. The molecule has 290 valence electrons. The number of carboxylic acid groups (broad SMARTS) is 1. The fraction of sp³-hybridized carbons (Fsp3) is 0.386. The fourth-order valence-corrected chi connectivity index (χ4v) is 8.27. The molecule has 10 nitrogen and oxygen atoms in total. The molecule has 0 saturated carbocycles. The van der Waals surface area contributed by atoms with E-state index in [4.69, 9.17) is 4.74 Å². The number of methoxy groups -OCH3 is 1. The molecule has 0 radical (unpaired) electrons. The molecule has 3 aromatic carbocycles. The highest BCUT2D eigenvalue weighted by Crippen LogP contribution is 2.39. The highest BCUT2D eigenvalue weighted by Gasteiger charge is 2.30. The summed E-state index contributed by atoms with van der Waals surface area (Å²) in [4.78, 5) is 66.8. The zero-order valence-corrected chi connectivity index (χ0v) is 33.1. The zero-order chi connectivity index (χ0) is 39.7. The first-order valence-electron chi connectivity index (χ1n) is 18.9. The minimum atomic E-state index is -0.944. The Morgan fingerprint density at radius 1 is 0.818 bits per heavy atom. The van der Waals surface area contributed by atoms with Gasteiger partial charge in [-0.1, -0.05) is 50.2 Å². The van der Waals surface area contributed by atoms with Crippen molar-refractivity contribution in [3.8, 4) is 0 Å². The molecular weight excluding hydrogens is 715 g/mol. The lowest BCUT2D eigenvalue weighted by molar-refractivity contribution is -0.141. The number of fused-ring (bicyclic) bond motifs is 1. The van der Waals surface area contributed by atoms with Crippen molar-refractivity contribution in [2.24, 2.45) is 5.41 Å². The Balaban J connectivity index is 1.23. The normalized spacial score (nSPS) is 12.5. The molecule has 0 spiro atoms. The van der Waals surface area contributed by atoms with Crippen molar-refractivity contribution >= 4 is 51.7 Å². The number of thiophene rings is 1. The van der Waals surface area contributed by atoms with E-state index in [1.165, 1.54) is 18.4 Å². The standard InChI is InChI=1S/C44H51N3O7S/c1-28(2)47(37(48)25-44(3,4)26-38(49)50)27-31-12-9-13-33(24-31)40(51)46-42-39(35-14-6-7-15-36(35)55-42)41(52)45-34-22-18-30(19-23-34)11-8-10-29-16-20-32(21-17-29)43(53)54-5/h9,12-13,16-24,28H,6-8,10-11,14-15,25-27H2,1-5H3,(H,45,52)(H,46,51)(H,49,50). The van der Waals surface area contributed by atoms with Gasteiger partial charge in [-0.25, -0.2) is 4.79 Å². The van der Waals surface area contributed by atoms with Gasteiger partial charge in [0.05, 0.1) is 24.7 Å². The number of benzene rings is 3. The second kappa shape index (κ2) is 18.4. The maximum atomic E-state index is 13.9. The molecule has 0 unspecified atom stereocenters. The van der Waals surface area contributed by atoms with Gasteiger partial charge < -0.3 is 25.4 Å². The van der Waals surface area contributed by atoms with Gasteiger partial charge in [-0.3, -0.25) is 19.2 Å². The number of carboxylic acids is 1. The van der Waals surface area contributed by atoms with Crippen molar-refractivity contribution in [1.82, 2.24) is 4.90 Å². The molecule has 1 heterocycles. The monoisotopic (exact) mass is 765 g/mol. The van der Waals surface area contributed by atoms with Crippen molar-refractivity contribution in [3.05, 3.63) is 117 Å². The molecule has 1 aliphatic rings. The maximum absolute atomic E-state index is 13.9. The average Bonchev–Trinajstić information content (AvgIpc) is 3.51. The minimum absolute atomic E-state index is 0.0902. The lowest BCUT2D eigenvalue weighted by atomic mass is 9.85. The van der Waals surface area contributed by atoms with Crippen LogP contribution in [-0.2, 0) is 46.6 Å². The lowest BCUT2D eigenvalue weighted by Gasteiger charge is -2.31. The Labute approximate surface area is 327 Å². The Bertz CT molecular complexity index is 2020. The summed E-state index contributed by atoms with van der Waals surface area (Å²) in [6.45, 7) is 7.65. The number of nitrogens with zero attached hydrogens (tertiary/aromatic N) is 1. The van der Waals surface area contributed by atoms with E-state index in [-0.39, 0.29) is 49.1 Å². The number of hydrogen-bond acceptors (Lipinski definition) is 7. The average molecular weight is 766 g/mol. The number of hydrogen-bond donors (Lipinski definition) is 3. The van der Waals surface area contributed by atoms with Crippen LogP contribution in [0.4, 0.5) is 10.7 Å². The van der Waals surface area contributed by atoms with Crippen LogP contribution in [0.25, 0.3) is 0 Å².